The van der Waals surface area contributed by atoms with E-state index in [1.165, 1.54) is 0 Å². The van der Waals surface area contributed by atoms with Gasteiger partial charge in [0, 0.05) is 11.6 Å². The van der Waals surface area contributed by atoms with Crippen LogP contribution in [0.3, 0.4) is 0 Å². The van der Waals surface area contributed by atoms with Crippen LogP contribution in [0, 0.1) is 5.92 Å². The Morgan fingerprint density at radius 3 is 2.08 bits per heavy atom. The zero-order valence-corrected chi connectivity index (χ0v) is 14.0. The molecule has 1 saturated carbocycles. The van der Waals surface area contributed by atoms with Crippen molar-refractivity contribution in [2.45, 2.75) is 32.6 Å². The van der Waals surface area contributed by atoms with E-state index in [1.807, 2.05) is 55.5 Å². The third-order valence-corrected chi connectivity index (χ3v) is 4.22. The number of anilines is 1. The van der Waals surface area contributed by atoms with Gasteiger partial charge in [0.15, 0.2) is 0 Å². The molecule has 0 aromatic heterocycles. The van der Waals surface area contributed by atoms with Gasteiger partial charge in [0.2, 0.25) is 5.91 Å². The molecule has 4 nitrogen and oxygen atoms in total. The average molecular weight is 325 g/mol. The summed E-state index contributed by atoms with van der Waals surface area (Å²) in [6.07, 6.45) is 4.33. The molecule has 3 rings (SSSR count). The van der Waals surface area contributed by atoms with Crippen LogP contribution in [-0.2, 0) is 4.79 Å². The molecule has 1 aliphatic rings. The highest BCUT2D eigenvalue weighted by Crippen LogP contribution is 2.27. The Morgan fingerprint density at radius 1 is 0.958 bits per heavy atom. The molecule has 0 atom stereocenters. The molecular weight excluding hydrogens is 302 g/mol. The van der Waals surface area contributed by atoms with Gasteiger partial charge in [-0.15, -0.1) is 0 Å². The maximum absolute atomic E-state index is 12.1. The number of carbonyl (C=O) groups is 1. The lowest BCUT2D eigenvalue weighted by Crippen LogP contribution is -2.20. The highest BCUT2D eigenvalue weighted by atomic mass is 16.5. The molecule has 0 radical (unpaired) electrons. The molecule has 1 N–H and O–H groups in total. The Balaban J connectivity index is 1.56. The van der Waals surface area contributed by atoms with E-state index in [4.69, 9.17) is 9.47 Å². The molecule has 0 aliphatic heterocycles. The van der Waals surface area contributed by atoms with Crippen LogP contribution in [-0.4, -0.2) is 12.5 Å². The first-order chi connectivity index (χ1) is 11.7. The fourth-order valence-corrected chi connectivity index (χ4v) is 2.95. The van der Waals surface area contributed by atoms with Crippen LogP contribution in [0.15, 0.2) is 48.5 Å². The molecule has 1 aliphatic carbocycles. The van der Waals surface area contributed by atoms with Crippen LogP contribution in [0.5, 0.6) is 17.2 Å². The maximum Gasteiger partial charge on any atom is 0.227 e. The molecular formula is C20H23NO3. The van der Waals surface area contributed by atoms with Gasteiger partial charge in [-0.05, 0) is 68.3 Å². The summed E-state index contributed by atoms with van der Waals surface area (Å²) >= 11 is 0. The van der Waals surface area contributed by atoms with Gasteiger partial charge in [-0.1, -0.05) is 12.8 Å². The summed E-state index contributed by atoms with van der Waals surface area (Å²) < 4.78 is 11.2. The molecule has 0 unspecified atom stereocenters. The first-order valence-corrected chi connectivity index (χ1v) is 8.56. The number of hydrogen-bond acceptors (Lipinski definition) is 3. The van der Waals surface area contributed by atoms with Gasteiger partial charge < -0.3 is 14.8 Å². The minimum absolute atomic E-state index is 0.132. The molecule has 0 spiro atoms. The lowest BCUT2D eigenvalue weighted by molar-refractivity contribution is -0.119. The van der Waals surface area contributed by atoms with Gasteiger partial charge in [0.25, 0.3) is 0 Å². The number of carbonyl (C=O) groups excluding carboxylic acids is 1. The quantitative estimate of drug-likeness (QED) is 0.812. The van der Waals surface area contributed by atoms with E-state index in [0.29, 0.717) is 6.61 Å². The van der Waals surface area contributed by atoms with Crippen molar-refractivity contribution in [1.82, 2.24) is 0 Å². The van der Waals surface area contributed by atoms with Crippen molar-refractivity contribution in [3.8, 4) is 17.2 Å². The summed E-state index contributed by atoms with van der Waals surface area (Å²) in [6, 6.07) is 15.0. The van der Waals surface area contributed by atoms with Gasteiger partial charge in [0.05, 0.1) is 6.61 Å². The average Bonchev–Trinajstić information content (AvgIpc) is 3.13. The minimum Gasteiger partial charge on any atom is -0.494 e. The molecule has 0 heterocycles. The van der Waals surface area contributed by atoms with Crippen LogP contribution >= 0.6 is 0 Å². The second-order valence-electron chi connectivity index (χ2n) is 6.00. The second-order valence-corrected chi connectivity index (χ2v) is 6.00. The summed E-state index contributed by atoms with van der Waals surface area (Å²) in [5, 5.41) is 2.99. The number of ether oxygens (including phenoxy) is 2. The lowest BCUT2D eigenvalue weighted by atomic mass is 10.1. The fourth-order valence-electron chi connectivity index (χ4n) is 2.95. The maximum atomic E-state index is 12.1. The van der Waals surface area contributed by atoms with E-state index in [0.717, 1.165) is 48.6 Å². The molecule has 0 saturated heterocycles. The van der Waals surface area contributed by atoms with Gasteiger partial charge in [-0.25, -0.2) is 0 Å². The molecule has 0 bridgehead atoms. The Kier molecular flexibility index (Phi) is 5.36. The van der Waals surface area contributed by atoms with Crippen LogP contribution < -0.4 is 14.8 Å². The lowest BCUT2D eigenvalue weighted by Gasteiger charge is -2.11. The molecule has 1 fully saturated rings. The van der Waals surface area contributed by atoms with Crippen molar-refractivity contribution in [3.05, 3.63) is 48.5 Å². The van der Waals surface area contributed by atoms with E-state index < -0.39 is 0 Å². The molecule has 1 amide bonds. The van der Waals surface area contributed by atoms with E-state index in [2.05, 4.69) is 5.32 Å². The Bertz CT molecular complexity index is 658. The van der Waals surface area contributed by atoms with Crippen molar-refractivity contribution in [1.29, 1.82) is 0 Å². The zero-order chi connectivity index (χ0) is 16.8. The highest BCUT2D eigenvalue weighted by Gasteiger charge is 2.22. The first-order valence-electron chi connectivity index (χ1n) is 8.56. The van der Waals surface area contributed by atoms with E-state index in [1.54, 1.807) is 0 Å². The van der Waals surface area contributed by atoms with Crippen LogP contribution in [0.4, 0.5) is 5.69 Å². The van der Waals surface area contributed by atoms with Crippen molar-refractivity contribution in [3.63, 3.8) is 0 Å². The second kappa shape index (κ2) is 7.86. The van der Waals surface area contributed by atoms with E-state index >= 15 is 0 Å². The van der Waals surface area contributed by atoms with Crippen molar-refractivity contribution < 1.29 is 14.3 Å². The fraction of sp³-hybridized carbons (Fsp3) is 0.350. The smallest absolute Gasteiger partial charge is 0.227 e. The number of nitrogens with one attached hydrogen (secondary N) is 1. The Hall–Kier alpha value is -2.49. The third-order valence-electron chi connectivity index (χ3n) is 4.22. The topological polar surface area (TPSA) is 47.6 Å². The van der Waals surface area contributed by atoms with Crippen LogP contribution in [0.25, 0.3) is 0 Å². The molecule has 126 valence electrons. The molecule has 2 aromatic rings. The normalized spacial score (nSPS) is 14.4. The number of hydrogen-bond donors (Lipinski definition) is 1. The van der Waals surface area contributed by atoms with Gasteiger partial charge in [-0.3, -0.25) is 4.79 Å². The van der Waals surface area contributed by atoms with Crippen LogP contribution in [0.1, 0.15) is 32.6 Å². The predicted octanol–water partition coefficient (Wildman–Crippen LogP) is 5.01. The summed E-state index contributed by atoms with van der Waals surface area (Å²) in [7, 11) is 0. The monoisotopic (exact) mass is 325 g/mol. The van der Waals surface area contributed by atoms with E-state index in [-0.39, 0.29) is 11.8 Å². The first kappa shape index (κ1) is 16.4. The van der Waals surface area contributed by atoms with Gasteiger partial charge in [-0.2, -0.15) is 0 Å². The highest BCUT2D eigenvalue weighted by molar-refractivity contribution is 5.92. The summed E-state index contributed by atoms with van der Waals surface area (Å²) in [5.41, 5.74) is 0.811. The SMILES string of the molecule is CCOc1ccc(Oc2ccc(NC(=O)C3CCCC3)cc2)cc1. The standard InChI is InChI=1S/C20H23NO3/c1-2-23-17-11-13-19(14-12-17)24-18-9-7-16(8-10-18)21-20(22)15-5-3-4-6-15/h7-15H,2-6H2,1H3,(H,21,22). The summed E-state index contributed by atoms with van der Waals surface area (Å²) in [6.45, 7) is 2.60. The van der Waals surface area contributed by atoms with E-state index in [9.17, 15) is 4.79 Å². The number of benzene rings is 2. The van der Waals surface area contributed by atoms with Crippen molar-refractivity contribution in [2.24, 2.45) is 5.92 Å². The predicted molar refractivity (Wildman–Crippen MR) is 94.7 cm³/mol. The number of amides is 1. The largest absolute Gasteiger partial charge is 0.494 e. The van der Waals surface area contributed by atoms with Crippen molar-refractivity contribution in [2.75, 3.05) is 11.9 Å². The number of rotatable bonds is 6. The Morgan fingerprint density at radius 2 is 1.50 bits per heavy atom. The zero-order valence-electron chi connectivity index (χ0n) is 14.0. The third kappa shape index (κ3) is 4.28. The minimum atomic E-state index is 0.132. The summed E-state index contributed by atoms with van der Waals surface area (Å²) in [5.74, 6) is 2.62. The van der Waals surface area contributed by atoms with Crippen LogP contribution in [0.2, 0.25) is 0 Å². The Labute approximate surface area is 142 Å². The molecule has 4 heteroatoms. The van der Waals surface area contributed by atoms with Gasteiger partial charge >= 0.3 is 0 Å². The van der Waals surface area contributed by atoms with Crippen molar-refractivity contribution >= 4 is 11.6 Å². The summed E-state index contributed by atoms with van der Waals surface area (Å²) in [4.78, 5) is 12.1. The molecule has 2 aromatic carbocycles. The molecule has 24 heavy (non-hydrogen) atoms. The van der Waals surface area contributed by atoms with Gasteiger partial charge in [0.1, 0.15) is 17.2 Å².